The summed E-state index contributed by atoms with van der Waals surface area (Å²) in [6, 6.07) is 1.48. The number of nitrogens with one attached hydrogen (secondary N) is 1. The maximum atomic E-state index is 11.8. The standard InChI is InChI=1S/C12H19N3O3/c1-12(2,3)9-6-10(14-18-9)13-11(17)15-5-4-8(16)7-15/h6,8,16H,4-5,7H2,1-3H3,(H,13,14,17)/t8-/m0/s1. The van der Waals surface area contributed by atoms with E-state index in [1.165, 1.54) is 0 Å². The SMILES string of the molecule is CC(C)(C)c1cc(NC(=O)N2CC[C@H](O)C2)no1. The second-order valence-electron chi connectivity index (χ2n) is 5.65. The van der Waals surface area contributed by atoms with Gasteiger partial charge in [0.25, 0.3) is 0 Å². The van der Waals surface area contributed by atoms with Crippen LogP contribution in [0.25, 0.3) is 0 Å². The lowest BCUT2D eigenvalue weighted by Crippen LogP contribution is -2.33. The van der Waals surface area contributed by atoms with Gasteiger partial charge in [-0.25, -0.2) is 4.79 Å². The highest BCUT2D eigenvalue weighted by Gasteiger charge is 2.26. The minimum absolute atomic E-state index is 0.139. The summed E-state index contributed by atoms with van der Waals surface area (Å²) in [6.07, 6.45) is 0.206. The molecular formula is C12H19N3O3. The number of carbonyl (C=O) groups excluding carboxylic acids is 1. The van der Waals surface area contributed by atoms with Crippen LogP contribution in [0, 0.1) is 0 Å². The number of urea groups is 1. The summed E-state index contributed by atoms with van der Waals surface area (Å²) >= 11 is 0. The number of nitrogens with zero attached hydrogens (tertiary/aromatic N) is 2. The predicted molar refractivity (Wildman–Crippen MR) is 66.4 cm³/mol. The first-order chi connectivity index (χ1) is 8.36. The van der Waals surface area contributed by atoms with Gasteiger partial charge in [0, 0.05) is 24.6 Å². The van der Waals surface area contributed by atoms with E-state index in [1.807, 2.05) is 20.8 Å². The van der Waals surface area contributed by atoms with Gasteiger partial charge in [0.15, 0.2) is 5.82 Å². The number of aliphatic hydroxyl groups is 1. The molecule has 1 fully saturated rings. The zero-order valence-electron chi connectivity index (χ0n) is 10.9. The van der Waals surface area contributed by atoms with Crippen molar-refractivity contribution in [1.29, 1.82) is 0 Å². The van der Waals surface area contributed by atoms with Crippen LogP contribution in [0.5, 0.6) is 0 Å². The lowest BCUT2D eigenvalue weighted by atomic mass is 9.93. The molecule has 1 aromatic heterocycles. The molecule has 0 radical (unpaired) electrons. The van der Waals surface area contributed by atoms with Crippen molar-refractivity contribution >= 4 is 11.8 Å². The lowest BCUT2D eigenvalue weighted by Gasteiger charge is -2.15. The monoisotopic (exact) mass is 253 g/mol. The quantitative estimate of drug-likeness (QED) is 0.796. The Morgan fingerprint density at radius 2 is 2.33 bits per heavy atom. The molecule has 6 heteroatoms. The Labute approximate surface area is 106 Å². The third-order valence-electron chi connectivity index (χ3n) is 2.93. The van der Waals surface area contributed by atoms with Crippen LogP contribution in [0.1, 0.15) is 33.0 Å². The molecule has 0 bridgehead atoms. The van der Waals surface area contributed by atoms with E-state index in [2.05, 4.69) is 10.5 Å². The molecule has 6 nitrogen and oxygen atoms in total. The van der Waals surface area contributed by atoms with Gasteiger partial charge in [-0.05, 0) is 6.42 Å². The zero-order chi connectivity index (χ0) is 13.3. The van der Waals surface area contributed by atoms with Crippen molar-refractivity contribution in [3.63, 3.8) is 0 Å². The molecule has 0 aliphatic carbocycles. The van der Waals surface area contributed by atoms with E-state index in [0.29, 0.717) is 25.3 Å². The van der Waals surface area contributed by atoms with Crippen LogP contribution in [0.15, 0.2) is 10.6 Å². The molecule has 2 amide bonds. The molecule has 1 atom stereocenters. The largest absolute Gasteiger partial charge is 0.391 e. The van der Waals surface area contributed by atoms with Gasteiger partial charge in [-0.15, -0.1) is 0 Å². The van der Waals surface area contributed by atoms with E-state index in [-0.39, 0.29) is 11.4 Å². The molecule has 0 unspecified atom stereocenters. The number of hydrogen-bond donors (Lipinski definition) is 2. The molecule has 100 valence electrons. The van der Waals surface area contributed by atoms with Gasteiger partial charge in [-0.1, -0.05) is 25.9 Å². The summed E-state index contributed by atoms with van der Waals surface area (Å²) in [5.74, 6) is 1.13. The zero-order valence-corrected chi connectivity index (χ0v) is 10.9. The second kappa shape index (κ2) is 4.61. The molecule has 0 saturated carbocycles. The summed E-state index contributed by atoms with van der Waals surface area (Å²) in [4.78, 5) is 13.4. The molecule has 2 rings (SSSR count). The molecule has 1 saturated heterocycles. The molecule has 1 aliphatic rings. The fourth-order valence-electron chi connectivity index (χ4n) is 1.80. The topological polar surface area (TPSA) is 78.6 Å². The summed E-state index contributed by atoms with van der Waals surface area (Å²) in [6.45, 7) is 6.97. The maximum absolute atomic E-state index is 11.8. The lowest BCUT2D eigenvalue weighted by molar-refractivity contribution is 0.176. The molecular weight excluding hydrogens is 234 g/mol. The average Bonchev–Trinajstić information content (AvgIpc) is 2.85. The van der Waals surface area contributed by atoms with Crippen molar-refractivity contribution in [2.24, 2.45) is 0 Å². The van der Waals surface area contributed by atoms with E-state index >= 15 is 0 Å². The Hall–Kier alpha value is -1.56. The van der Waals surface area contributed by atoms with Crippen LogP contribution >= 0.6 is 0 Å². The number of carbonyl (C=O) groups is 1. The van der Waals surface area contributed by atoms with Crippen LogP contribution in [0.4, 0.5) is 10.6 Å². The van der Waals surface area contributed by atoms with Gasteiger partial charge in [0.05, 0.1) is 6.10 Å². The fourth-order valence-corrected chi connectivity index (χ4v) is 1.80. The van der Waals surface area contributed by atoms with Gasteiger partial charge < -0.3 is 14.5 Å². The highest BCUT2D eigenvalue weighted by atomic mass is 16.5. The molecule has 2 heterocycles. The first-order valence-electron chi connectivity index (χ1n) is 6.07. The fraction of sp³-hybridized carbons (Fsp3) is 0.667. The summed E-state index contributed by atoms with van der Waals surface area (Å²) in [7, 11) is 0. The van der Waals surface area contributed by atoms with Crippen LogP contribution in [-0.4, -0.2) is 40.4 Å². The number of aliphatic hydroxyl groups excluding tert-OH is 1. The Balaban J connectivity index is 1.97. The van der Waals surface area contributed by atoms with E-state index in [1.54, 1.807) is 11.0 Å². The van der Waals surface area contributed by atoms with E-state index in [0.717, 1.165) is 5.76 Å². The smallest absolute Gasteiger partial charge is 0.323 e. The van der Waals surface area contributed by atoms with Crippen molar-refractivity contribution < 1.29 is 14.4 Å². The number of anilines is 1. The molecule has 2 N–H and O–H groups in total. The van der Waals surface area contributed by atoms with E-state index in [9.17, 15) is 9.90 Å². The molecule has 18 heavy (non-hydrogen) atoms. The number of amides is 2. The van der Waals surface area contributed by atoms with Crippen molar-refractivity contribution in [1.82, 2.24) is 10.1 Å². The van der Waals surface area contributed by atoms with Crippen molar-refractivity contribution in [2.75, 3.05) is 18.4 Å². The number of hydrogen-bond acceptors (Lipinski definition) is 4. The first-order valence-corrected chi connectivity index (χ1v) is 6.07. The van der Waals surface area contributed by atoms with Crippen LogP contribution < -0.4 is 5.32 Å². The summed E-state index contributed by atoms with van der Waals surface area (Å²) in [5.41, 5.74) is -0.139. The van der Waals surface area contributed by atoms with Gasteiger partial charge in [-0.3, -0.25) is 5.32 Å². The van der Waals surface area contributed by atoms with Gasteiger partial charge >= 0.3 is 6.03 Å². The highest BCUT2D eigenvalue weighted by Crippen LogP contribution is 2.24. The first kappa shape index (κ1) is 12.9. The Kier molecular flexibility index (Phi) is 3.30. The van der Waals surface area contributed by atoms with Gasteiger partial charge in [0.2, 0.25) is 0 Å². The van der Waals surface area contributed by atoms with Crippen molar-refractivity contribution in [3.05, 3.63) is 11.8 Å². The van der Waals surface area contributed by atoms with E-state index < -0.39 is 6.10 Å². The highest BCUT2D eigenvalue weighted by molar-refractivity contribution is 5.88. The summed E-state index contributed by atoms with van der Waals surface area (Å²) in [5, 5.41) is 15.9. The van der Waals surface area contributed by atoms with Crippen molar-refractivity contribution in [3.8, 4) is 0 Å². The van der Waals surface area contributed by atoms with Crippen molar-refractivity contribution in [2.45, 2.75) is 38.7 Å². The average molecular weight is 253 g/mol. The Morgan fingerprint density at radius 1 is 1.61 bits per heavy atom. The normalized spacial score (nSPS) is 20.2. The van der Waals surface area contributed by atoms with Crippen LogP contribution in [0.2, 0.25) is 0 Å². The molecule has 1 aromatic rings. The molecule has 1 aliphatic heterocycles. The Bertz CT molecular complexity index is 436. The molecule has 0 spiro atoms. The summed E-state index contributed by atoms with van der Waals surface area (Å²) < 4.78 is 5.18. The third kappa shape index (κ3) is 2.81. The van der Waals surface area contributed by atoms with Crippen LogP contribution in [-0.2, 0) is 5.41 Å². The number of rotatable bonds is 1. The minimum atomic E-state index is -0.418. The number of aromatic nitrogens is 1. The Morgan fingerprint density at radius 3 is 2.83 bits per heavy atom. The van der Waals surface area contributed by atoms with Gasteiger partial charge in [0.1, 0.15) is 5.76 Å². The third-order valence-corrected chi connectivity index (χ3v) is 2.93. The van der Waals surface area contributed by atoms with Gasteiger partial charge in [-0.2, -0.15) is 0 Å². The minimum Gasteiger partial charge on any atom is -0.391 e. The number of β-amino-alcohol motifs (C(OH)–C–C–N with tert-alkyl or cyclic N) is 1. The second-order valence-corrected chi connectivity index (χ2v) is 5.65. The van der Waals surface area contributed by atoms with Crippen LogP contribution in [0.3, 0.4) is 0 Å². The van der Waals surface area contributed by atoms with E-state index in [4.69, 9.17) is 4.52 Å². The molecule has 0 aromatic carbocycles. The predicted octanol–water partition coefficient (Wildman–Crippen LogP) is 1.57. The number of likely N-dealkylation sites (tertiary alicyclic amines) is 1. The maximum Gasteiger partial charge on any atom is 0.323 e.